The maximum Gasteiger partial charge on any atom is 0.407 e. The quantitative estimate of drug-likeness (QED) is 0.465. The number of amides is 1. The minimum atomic E-state index is -1.06. The zero-order valence-corrected chi connectivity index (χ0v) is 17.3. The van der Waals surface area contributed by atoms with Crippen LogP contribution < -0.4 is 5.32 Å². The van der Waals surface area contributed by atoms with Crippen molar-refractivity contribution in [3.63, 3.8) is 0 Å². The summed E-state index contributed by atoms with van der Waals surface area (Å²) in [5.41, 5.74) is -0.633. The Morgan fingerprint density at radius 1 is 1.26 bits per heavy atom. The van der Waals surface area contributed by atoms with Crippen LogP contribution in [0.2, 0.25) is 0 Å². The van der Waals surface area contributed by atoms with Crippen LogP contribution in [0.1, 0.15) is 72.6 Å². The Bertz CT molecular complexity index is 479. The van der Waals surface area contributed by atoms with Gasteiger partial charge in [0.1, 0.15) is 5.60 Å². The largest absolute Gasteiger partial charge is 0.466 e. The Morgan fingerprint density at radius 3 is 2.41 bits per heavy atom. The predicted molar refractivity (Wildman–Crippen MR) is 105 cm³/mol. The van der Waals surface area contributed by atoms with Gasteiger partial charge in [-0.3, -0.25) is 4.79 Å². The molecule has 0 spiro atoms. The molecule has 6 nitrogen and oxygen atoms in total. The molecule has 1 aliphatic rings. The first-order valence-corrected chi connectivity index (χ1v) is 10.1. The lowest BCUT2D eigenvalue weighted by molar-refractivity contribution is -0.152. The van der Waals surface area contributed by atoms with Crippen LogP contribution in [0.4, 0.5) is 4.79 Å². The van der Waals surface area contributed by atoms with Crippen LogP contribution in [0.3, 0.4) is 0 Å². The van der Waals surface area contributed by atoms with E-state index >= 15 is 0 Å². The summed E-state index contributed by atoms with van der Waals surface area (Å²) in [4.78, 5) is 24.6. The van der Waals surface area contributed by atoms with Gasteiger partial charge in [-0.25, -0.2) is 4.79 Å². The zero-order valence-electron chi connectivity index (χ0n) is 17.3. The molecular formula is C21H37NO5. The lowest BCUT2D eigenvalue weighted by atomic mass is 9.81. The van der Waals surface area contributed by atoms with E-state index in [9.17, 15) is 14.7 Å². The van der Waals surface area contributed by atoms with Gasteiger partial charge in [0.05, 0.1) is 24.7 Å². The summed E-state index contributed by atoms with van der Waals surface area (Å²) in [7, 11) is 0. The molecule has 0 saturated heterocycles. The average Bonchev–Trinajstić information content (AvgIpc) is 2.58. The lowest BCUT2D eigenvalue weighted by Crippen LogP contribution is -2.50. The van der Waals surface area contributed by atoms with Crippen molar-refractivity contribution < 1.29 is 24.2 Å². The molecule has 2 N–H and O–H groups in total. The second-order valence-electron chi connectivity index (χ2n) is 8.37. The van der Waals surface area contributed by atoms with Crippen LogP contribution in [0.5, 0.6) is 0 Å². The van der Waals surface area contributed by atoms with Crippen molar-refractivity contribution in [2.24, 2.45) is 11.8 Å². The summed E-state index contributed by atoms with van der Waals surface area (Å²) in [6.07, 6.45) is 6.56. The van der Waals surface area contributed by atoms with Gasteiger partial charge in [0.15, 0.2) is 0 Å². The number of rotatable bonds is 9. The molecular weight excluding hydrogens is 346 g/mol. The SMILES string of the molecule is C=CCC(C(=O)OCC)C(O)C(CC1CCCCC1)NC(=O)OC(C)(C)C. The fraction of sp³-hybridized carbons (Fsp3) is 0.810. The van der Waals surface area contributed by atoms with Gasteiger partial charge in [-0.1, -0.05) is 38.2 Å². The van der Waals surface area contributed by atoms with E-state index in [1.807, 2.05) is 0 Å². The first-order chi connectivity index (χ1) is 12.7. The van der Waals surface area contributed by atoms with E-state index in [-0.39, 0.29) is 13.0 Å². The maximum atomic E-state index is 12.3. The van der Waals surface area contributed by atoms with Crippen LogP contribution in [-0.2, 0) is 14.3 Å². The molecule has 1 amide bonds. The first kappa shape index (κ1) is 23.5. The van der Waals surface area contributed by atoms with Crippen molar-refractivity contribution in [1.82, 2.24) is 5.32 Å². The van der Waals surface area contributed by atoms with Gasteiger partial charge >= 0.3 is 12.1 Å². The van der Waals surface area contributed by atoms with Crippen molar-refractivity contribution in [2.45, 2.75) is 90.4 Å². The second-order valence-corrected chi connectivity index (χ2v) is 8.37. The smallest absolute Gasteiger partial charge is 0.407 e. The predicted octanol–water partition coefficient (Wildman–Crippen LogP) is 3.97. The van der Waals surface area contributed by atoms with Gasteiger partial charge in [-0.2, -0.15) is 0 Å². The number of aliphatic hydroxyl groups is 1. The van der Waals surface area contributed by atoms with Crippen molar-refractivity contribution in [1.29, 1.82) is 0 Å². The molecule has 156 valence electrons. The monoisotopic (exact) mass is 383 g/mol. The number of carbonyl (C=O) groups excluding carboxylic acids is 2. The van der Waals surface area contributed by atoms with E-state index in [1.165, 1.54) is 6.42 Å². The molecule has 1 aliphatic carbocycles. The van der Waals surface area contributed by atoms with Gasteiger partial charge < -0.3 is 19.9 Å². The third kappa shape index (κ3) is 8.78. The van der Waals surface area contributed by atoms with Gasteiger partial charge in [-0.05, 0) is 46.5 Å². The van der Waals surface area contributed by atoms with Gasteiger partial charge in [-0.15, -0.1) is 6.58 Å². The fourth-order valence-electron chi connectivity index (χ4n) is 3.61. The number of allylic oxidation sites excluding steroid dienone is 1. The van der Waals surface area contributed by atoms with Crippen LogP contribution >= 0.6 is 0 Å². The zero-order chi connectivity index (χ0) is 20.4. The number of carbonyl (C=O) groups is 2. The molecule has 0 radical (unpaired) electrons. The van der Waals surface area contributed by atoms with E-state index in [4.69, 9.17) is 9.47 Å². The molecule has 0 heterocycles. The molecule has 1 rings (SSSR count). The molecule has 0 aromatic heterocycles. The van der Waals surface area contributed by atoms with Crippen LogP contribution in [0.25, 0.3) is 0 Å². The molecule has 0 aromatic rings. The molecule has 0 aliphatic heterocycles. The molecule has 27 heavy (non-hydrogen) atoms. The maximum absolute atomic E-state index is 12.3. The lowest BCUT2D eigenvalue weighted by Gasteiger charge is -2.33. The molecule has 6 heteroatoms. The van der Waals surface area contributed by atoms with Crippen molar-refractivity contribution >= 4 is 12.1 Å². The van der Waals surface area contributed by atoms with Crippen molar-refractivity contribution in [3.8, 4) is 0 Å². The normalized spacial score (nSPS) is 18.9. The first-order valence-electron chi connectivity index (χ1n) is 10.1. The third-order valence-electron chi connectivity index (χ3n) is 4.85. The van der Waals surface area contributed by atoms with Gasteiger partial charge in [0.25, 0.3) is 0 Å². The van der Waals surface area contributed by atoms with Crippen LogP contribution in [0, 0.1) is 11.8 Å². The minimum absolute atomic E-state index is 0.242. The van der Waals surface area contributed by atoms with E-state index in [2.05, 4.69) is 11.9 Å². The summed E-state index contributed by atoms with van der Waals surface area (Å²) in [5.74, 6) is -0.810. The third-order valence-corrected chi connectivity index (χ3v) is 4.85. The number of esters is 1. The molecule has 0 bridgehead atoms. The Balaban J connectivity index is 2.92. The fourth-order valence-corrected chi connectivity index (χ4v) is 3.61. The van der Waals surface area contributed by atoms with Crippen molar-refractivity contribution in [3.05, 3.63) is 12.7 Å². The number of alkyl carbamates (subject to hydrolysis) is 1. The number of nitrogens with one attached hydrogen (secondary N) is 1. The molecule has 3 atom stereocenters. The summed E-state index contributed by atoms with van der Waals surface area (Å²) < 4.78 is 10.5. The number of aliphatic hydroxyl groups excluding tert-OH is 1. The Kier molecular flexibility index (Phi) is 9.84. The van der Waals surface area contributed by atoms with E-state index in [0.29, 0.717) is 12.3 Å². The average molecular weight is 384 g/mol. The van der Waals surface area contributed by atoms with E-state index < -0.39 is 35.7 Å². The number of hydrogen-bond donors (Lipinski definition) is 2. The van der Waals surface area contributed by atoms with Gasteiger partial charge in [0.2, 0.25) is 0 Å². The van der Waals surface area contributed by atoms with E-state index in [1.54, 1.807) is 33.8 Å². The van der Waals surface area contributed by atoms with Crippen LogP contribution in [0.15, 0.2) is 12.7 Å². The van der Waals surface area contributed by atoms with Crippen LogP contribution in [-0.4, -0.2) is 41.5 Å². The summed E-state index contributed by atoms with van der Waals surface area (Å²) in [6, 6.07) is -0.572. The molecule has 1 fully saturated rings. The number of hydrogen-bond acceptors (Lipinski definition) is 5. The Hall–Kier alpha value is -1.56. The highest BCUT2D eigenvalue weighted by Gasteiger charge is 2.36. The van der Waals surface area contributed by atoms with Crippen molar-refractivity contribution in [2.75, 3.05) is 6.61 Å². The second kappa shape index (κ2) is 11.3. The molecule has 1 saturated carbocycles. The summed E-state index contributed by atoms with van der Waals surface area (Å²) in [5, 5.41) is 13.8. The Labute approximate surface area is 163 Å². The minimum Gasteiger partial charge on any atom is -0.466 e. The Morgan fingerprint density at radius 2 is 1.89 bits per heavy atom. The van der Waals surface area contributed by atoms with Gasteiger partial charge in [0, 0.05) is 0 Å². The standard InChI is InChI=1S/C21H37NO5/c1-6-11-16(19(24)26-7-2)18(23)17(14-15-12-9-8-10-13-15)22-20(25)27-21(3,4)5/h6,15-18,23H,1,7-14H2,2-5H3,(H,22,25). The topological polar surface area (TPSA) is 84.9 Å². The highest BCUT2D eigenvalue weighted by Crippen LogP contribution is 2.30. The van der Waals surface area contributed by atoms with E-state index in [0.717, 1.165) is 25.7 Å². The highest BCUT2D eigenvalue weighted by atomic mass is 16.6. The summed E-state index contributed by atoms with van der Waals surface area (Å²) >= 11 is 0. The molecule has 3 unspecified atom stereocenters. The summed E-state index contributed by atoms with van der Waals surface area (Å²) in [6.45, 7) is 11.0. The molecule has 0 aromatic carbocycles. The number of ether oxygens (including phenoxy) is 2. The highest BCUT2D eigenvalue weighted by molar-refractivity contribution is 5.74.